The van der Waals surface area contributed by atoms with Crippen LogP contribution in [0.4, 0.5) is 0 Å². The fourth-order valence-corrected chi connectivity index (χ4v) is 5.28. The third-order valence-electron chi connectivity index (χ3n) is 6.96. The number of imidazole rings is 1. The van der Waals surface area contributed by atoms with Gasteiger partial charge >= 0.3 is 17.9 Å². The molecule has 3 heterocycles. The second-order valence-corrected chi connectivity index (χ2v) is 10.5. The van der Waals surface area contributed by atoms with Gasteiger partial charge in [0.1, 0.15) is 18.2 Å². The maximum absolute atomic E-state index is 13.4. The second kappa shape index (κ2) is 12.8. The first-order chi connectivity index (χ1) is 21.4. The number of fused-ring (bicyclic) bond motifs is 1. The Bertz CT molecular complexity index is 1800. The number of benzene rings is 3. The highest BCUT2D eigenvalue weighted by molar-refractivity contribution is 6.38. The summed E-state index contributed by atoms with van der Waals surface area (Å²) in [6.07, 6.45) is -1.89. The minimum atomic E-state index is -1.24. The van der Waals surface area contributed by atoms with Gasteiger partial charge in [0.05, 0.1) is 33.6 Å². The minimum absolute atomic E-state index is 0.0966. The molecule has 0 unspecified atom stereocenters. The molecule has 0 spiro atoms. The predicted molar refractivity (Wildman–Crippen MR) is 159 cm³/mol. The molecule has 12 heteroatoms. The molecule has 44 heavy (non-hydrogen) atoms. The first-order valence-corrected chi connectivity index (χ1v) is 14.2. The summed E-state index contributed by atoms with van der Waals surface area (Å²) in [6, 6.07) is 25.0. The van der Waals surface area contributed by atoms with Gasteiger partial charge in [-0.3, -0.25) is 4.57 Å². The summed E-state index contributed by atoms with van der Waals surface area (Å²) in [5, 5.41) is 0.301. The largest absolute Gasteiger partial charge is 0.459 e. The molecule has 0 N–H and O–H groups in total. The van der Waals surface area contributed by atoms with Gasteiger partial charge in [-0.1, -0.05) is 77.8 Å². The number of ether oxygens (including phenoxy) is 4. The Morgan fingerprint density at radius 3 is 1.82 bits per heavy atom. The van der Waals surface area contributed by atoms with Crippen molar-refractivity contribution in [3.05, 3.63) is 130 Å². The molecule has 1 aliphatic heterocycles. The summed E-state index contributed by atoms with van der Waals surface area (Å²) in [7, 11) is 0. The van der Waals surface area contributed by atoms with Gasteiger partial charge in [-0.15, -0.1) is 0 Å². The van der Waals surface area contributed by atoms with Gasteiger partial charge in [-0.2, -0.15) is 0 Å². The van der Waals surface area contributed by atoms with E-state index in [1.807, 2.05) is 0 Å². The molecule has 0 bridgehead atoms. The SMILES string of the molecule is O=C(OC[C@H]1O[C@@H](n2cnc3c(Cl)ncc(Cl)c32)[C@H](OC(=O)c2ccccc2)[C@@H]1OC(=O)c1ccccc1)c1ccccc1. The average molecular weight is 632 g/mol. The van der Waals surface area contributed by atoms with Crippen LogP contribution in [0.1, 0.15) is 37.3 Å². The van der Waals surface area contributed by atoms with Gasteiger partial charge in [0, 0.05) is 6.20 Å². The van der Waals surface area contributed by atoms with E-state index in [1.54, 1.807) is 91.0 Å². The molecular formula is C32H23Cl2N3O7. The number of aromatic nitrogens is 3. The Hall–Kier alpha value is -4.77. The molecule has 3 aromatic carbocycles. The van der Waals surface area contributed by atoms with Crippen molar-refractivity contribution in [3.63, 3.8) is 0 Å². The van der Waals surface area contributed by atoms with Crippen molar-refractivity contribution in [3.8, 4) is 0 Å². The third-order valence-corrected chi connectivity index (χ3v) is 7.51. The minimum Gasteiger partial charge on any atom is -0.459 e. The highest BCUT2D eigenvalue weighted by atomic mass is 35.5. The normalized spacial score (nSPS) is 19.4. The standard InChI is InChI=1S/C32H23Cl2N3O7/c33-22-16-35-28(34)24-25(22)37(18-36-24)29-27(44-32(40)21-14-8-3-9-15-21)26(43-31(39)20-12-6-2-7-13-20)23(42-29)17-41-30(38)19-10-4-1-5-11-19/h1-16,18,23,26-27,29H,17H2/t23-,26-,27-,29-/m1/s1. The summed E-state index contributed by atoms with van der Waals surface area (Å²) >= 11 is 12.8. The molecule has 2 aromatic heterocycles. The third kappa shape index (κ3) is 6.00. The van der Waals surface area contributed by atoms with Crippen LogP contribution >= 0.6 is 23.2 Å². The van der Waals surface area contributed by atoms with Crippen LogP contribution in [0.3, 0.4) is 0 Å². The Morgan fingerprint density at radius 1 is 0.727 bits per heavy atom. The number of nitrogens with zero attached hydrogens (tertiary/aromatic N) is 3. The van der Waals surface area contributed by atoms with Gasteiger partial charge in [0.25, 0.3) is 0 Å². The Labute approximate surface area is 261 Å². The van der Waals surface area contributed by atoms with E-state index >= 15 is 0 Å². The number of pyridine rings is 1. The zero-order valence-corrected chi connectivity index (χ0v) is 24.3. The number of hydrogen-bond donors (Lipinski definition) is 0. The van der Waals surface area contributed by atoms with Crippen molar-refractivity contribution in [2.24, 2.45) is 0 Å². The van der Waals surface area contributed by atoms with Gasteiger partial charge in [0.15, 0.2) is 23.6 Å². The van der Waals surface area contributed by atoms with Crippen LogP contribution in [-0.4, -0.2) is 57.4 Å². The van der Waals surface area contributed by atoms with Crippen molar-refractivity contribution in [2.75, 3.05) is 6.61 Å². The summed E-state index contributed by atoms with van der Waals surface area (Å²) in [5.41, 5.74) is 1.49. The van der Waals surface area contributed by atoms with Gasteiger partial charge < -0.3 is 18.9 Å². The van der Waals surface area contributed by atoms with E-state index in [4.69, 9.17) is 42.1 Å². The summed E-state index contributed by atoms with van der Waals surface area (Å²) in [5.74, 6) is -2.00. The van der Waals surface area contributed by atoms with Gasteiger partial charge in [0.2, 0.25) is 0 Å². The lowest BCUT2D eigenvalue weighted by atomic mass is 10.1. The number of carbonyl (C=O) groups excluding carboxylic acids is 3. The second-order valence-electron chi connectivity index (χ2n) is 9.75. The van der Waals surface area contributed by atoms with Crippen LogP contribution < -0.4 is 0 Å². The zero-order valence-electron chi connectivity index (χ0n) is 22.8. The fourth-order valence-electron chi connectivity index (χ4n) is 4.86. The number of rotatable bonds is 8. The number of carbonyl (C=O) groups is 3. The molecule has 222 valence electrons. The van der Waals surface area contributed by atoms with Crippen molar-refractivity contribution >= 4 is 52.1 Å². The van der Waals surface area contributed by atoms with Crippen molar-refractivity contribution in [1.82, 2.24) is 14.5 Å². The molecule has 6 rings (SSSR count). The van der Waals surface area contributed by atoms with Crippen LogP contribution in [0.5, 0.6) is 0 Å². The average Bonchev–Trinajstić information content (AvgIpc) is 3.65. The molecule has 0 amide bonds. The Morgan fingerprint density at radius 2 is 1.25 bits per heavy atom. The van der Waals surface area contributed by atoms with Gasteiger partial charge in [-0.05, 0) is 36.4 Å². The molecule has 0 saturated carbocycles. The number of esters is 3. The van der Waals surface area contributed by atoms with Crippen molar-refractivity contribution in [2.45, 2.75) is 24.5 Å². The molecule has 4 atom stereocenters. The molecule has 1 saturated heterocycles. The number of hydrogen-bond acceptors (Lipinski definition) is 9. The van der Waals surface area contributed by atoms with Crippen LogP contribution in [0.15, 0.2) is 104 Å². The topological polar surface area (TPSA) is 119 Å². The van der Waals surface area contributed by atoms with Crippen molar-refractivity contribution < 1.29 is 33.3 Å². The van der Waals surface area contributed by atoms with Crippen LogP contribution in [-0.2, 0) is 18.9 Å². The molecule has 1 fully saturated rings. The first kappa shape index (κ1) is 29.3. The first-order valence-electron chi connectivity index (χ1n) is 13.5. The predicted octanol–water partition coefficient (Wildman–Crippen LogP) is 5.94. The van der Waals surface area contributed by atoms with E-state index < -0.39 is 42.4 Å². The molecule has 1 aliphatic rings. The summed E-state index contributed by atoms with van der Waals surface area (Å²) in [6.45, 7) is -0.334. The quantitative estimate of drug-likeness (QED) is 0.116. The number of halogens is 2. The van der Waals surface area contributed by atoms with E-state index in [0.717, 1.165) is 0 Å². The Balaban J connectivity index is 1.39. The lowest BCUT2D eigenvalue weighted by Crippen LogP contribution is -2.41. The smallest absolute Gasteiger partial charge is 0.338 e. The van der Waals surface area contributed by atoms with E-state index in [0.29, 0.717) is 11.1 Å². The summed E-state index contributed by atoms with van der Waals surface area (Å²) in [4.78, 5) is 47.9. The zero-order chi connectivity index (χ0) is 30.6. The van der Waals surface area contributed by atoms with E-state index in [-0.39, 0.29) is 33.4 Å². The highest BCUT2D eigenvalue weighted by Crippen LogP contribution is 2.39. The summed E-state index contributed by atoms with van der Waals surface area (Å²) < 4.78 is 25.4. The lowest BCUT2D eigenvalue weighted by Gasteiger charge is -2.25. The van der Waals surface area contributed by atoms with Crippen LogP contribution in [0, 0.1) is 0 Å². The van der Waals surface area contributed by atoms with Crippen molar-refractivity contribution in [1.29, 1.82) is 0 Å². The maximum Gasteiger partial charge on any atom is 0.338 e. The van der Waals surface area contributed by atoms with E-state index in [1.165, 1.54) is 17.1 Å². The van der Waals surface area contributed by atoms with Crippen LogP contribution in [0.25, 0.3) is 11.0 Å². The van der Waals surface area contributed by atoms with Crippen LogP contribution in [0.2, 0.25) is 10.2 Å². The highest BCUT2D eigenvalue weighted by Gasteiger charge is 2.51. The Kier molecular flexibility index (Phi) is 8.56. The molecule has 10 nitrogen and oxygen atoms in total. The fraction of sp³-hybridized carbons (Fsp3) is 0.156. The molecule has 5 aromatic rings. The lowest BCUT2D eigenvalue weighted by molar-refractivity contribution is -0.0604. The van der Waals surface area contributed by atoms with E-state index in [2.05, 4.69) is 9.97 Å². The molecular weight excluding hydrogens is 609 g/mol. The maximum atomic E-state index is 13.4. The molecule has 0 aliphatic carbocycles. The molecule has 0 radical (unpaired) electrons. The monoisotopic (exact) mass is 631 g/mol. The van der Waals surface area contributed by atoms with E-state index in [9.17, 15) is 14.4 Å². The van der Waals surface area contributed by atoms with Gasteiger partial charge in [-0.25, -0.2) is 24.4 Å².